The van der Waals surface area contributed by atoms with Gasteiger partial charge in [0.25, 0.3) is 0 Å². The first-order chi connectivity index (χ1) is 11.1. The molecule has 0 unspecified atom stereocenters. The molecule has 3 atom stereocenters. The van der Waals surface area contributed by atoms with Crippen molar-refractivity contribution in [2.75, 3.05) is 17.5 Å². The van der Waals surface area contributed by atoms with E-state index in [4.69, 9.17) is 27.9 Å². The summed E-state index contributed by atoms with van der Waals surface area (Å²) in [6.07, 6.45) is -1.18. The zero-order valence-electron chi connectivity index (χ0n) is 13.9. The highest BCUT2D eigenvalue weighted by molar-refractivity contribution is 14.1. The van der Waals surface area contributed by atoms with Gasteiger partial charge in [-0.25, -0.2) is 4.79 Å². The van der Waals surface area contributed by atoms with Crippen molar-refractivity contribution in [3.63, 3.8) is 0 Å². The molecule has 1 aromatic carbocycles. The Morgan fingerprint density at radius 2 is 2.00 bits per heavy atom. The molecule has 1 saturated heterocycles. The van der Waals surface area contributed by atoms with Crippen molar-refractivity contribution in [3.8, 4) is 0 Å². The van der Waals surface area contributed by atoms with Gasteiger partial charge in [-0.3, -0.25) is 0 Å². The van der Waals surface area contributed by atoms with Crippen molar-refractivity contribution in [2.24, 2.45) is 5.41 Å². The third kappa shape index (κ3) is 4.68. The number of nitrogens with zero attached hydrogens (tertiary/aromatic N) is 1. The van der Waals surface area contributed by atoms with Crippen molar-refractivity contribution < 1.29 is 14.6 Å². The summed E-state index contributed by atoms with van der Waals surface area (Å²) in [7, 11) is 0. The van der Waals surface area contributed by atoms with Crippen molar-refractivity contribution in [1.29, 1.82) is 0 Å². The lowest BCUT2D eigenvalue weighted by molar-refractivity contribution is -0.0555. The van der Waals surface area contributed by atoms with Gasteiger partial charge in [0.1, 0.15) is 0 Å². The number of carboxylic acid groups (broad SMARTS) is 1. The molecule has 0 saturated carbocycles. The summed E-state index contributed by atoms with van der Waals surface area (Å²) in [4.78, 5) is 13.1. The van der Waals surface area contributed by atoms with Crippen molar-refractivity contribution in [3.05, 3.63) is 33.8 Å². The summed E-state index contributed by atoms with van der Waals surface area (Å²) in [6, 6.07) is 5.47. The maximum Gasteiger partial charge on any atom is 0.407 e. The minimum Gasteiger partial charge on any atom is -0.465 e. The standard InChI is InChI=1S/C17H22Cl2INO3/c1-17(2,3)15-9-21(16(22)23)8-11(14(7-20)24-15)10-4-5-12(18)13(19)6-10/h4-6,11,14-15H,7-9H2,1-3H3,(H,22,23)/t11-,14+,15-/m1/s1. The second-order valence-electron chi connectivity index (χ2n) is 7.15. The molecule has 1 aliphatic rings. The first-order valence-corrected chi connectivity index (χ1v) is 10.1. The van der Waals surface area contributed by atoms with Crippen LogP contribution in [0.1, 0.15) is 32.3 Å². The number of ether oxygens (including phenoxy) is 1. The fraction of sp³-hybridized carbons (Fsp3) is 0.588. The van der Waals surface area contributed by atoms with E-state index in [0.29, 0.717) is 23.1 Å². The lowest BCUT2D eigenvalue weighted by Crippen LogP contribution is -2.42. The Balaban J connectivity index is 2.41. The minimum atomic E-state index is -0.924. The molecule has 0 bridgehead atoms. The van der Waals surface area contributed by atoms with Crippen LogP contribution in [-0.2, 0) is 4.74 Å². The summed E-state index contributed by atoms with van der Waals surface area (Å²) in [5.74, 6) is -0.0832. The topological polar surface area (TPSA) is 49.8 Å². The zero-order chi connectivity index (χ0) is 18.1. The molecular weight excluding hydrogens is 464 g/mol. The van der Waals surface area contributed by atoms with Gasteiger partial charge in [0, 0.05) is 16.9 Å². The Hall–Kier alpha value is -0.240. The number of alkyl halides is 1. The molecule has 0 spiro atoms. The van der Waals surface area contributed by atoms with Crippen LogP contribution in [0, 0.1) is 5.41 Å². The highest BCUT2D eigenvalue weighted by atomic mass is 127. The smallest absolute Gasteiger partial charge is 0.407 e. The molecule has 0 aliphatic carbocycles. The van der Waals surface area contributed by atoms with Crippen molar-refractivity contribution >= 4 is 51.9 Å². The van der Waals surface area contributed by atoms with Crippen LogP contribution in [0.2, 0.25) is 10.0 Å². The lowest BCUT2D eigenvalue weighted by Gasteiger charge is -2.33. The highest BCUT2D eigenvalue weighted by Gasteiger charge is 2.39. The first-order valence-electron chi connectivity index (χ1n) is 7.77. The average Bonchev–Trinajstić information content (AvgIpc) is 2.69. The van der Waals surface area contributed by atoms with Gasteiger partial charge in [0.2, 0.25) is 0 Å². The number of benzene rings is 1. The number of hydrogen-bond donors (Lipinski definition) is 1. The molecule has 1 N–H and O–H groups in total. The molecule has 4 nitrogen and oxygen atoms in total. The van der Waals surface area contributed by atoms with Crippen molar-refractivity contribution in [2.45, 2.75) is 38.9 Å². The maximum atomic E-state index is 11.7. The van der Waals surface area contributed by atoms with E-state index in [-0.39, 0.29) is 23.5 Å². The molecule has 1 fully saturated rings. The highest BCUT2D eigenvalue weighted by Crippen LogP contribution is 2.36. The first kappa shape index (κ1) is 20.1. The summed E-state index contributed by atoms with van der Waals surface area (Å²) in [5.41, 5.74) is 0.802. The molecule has 1 aromatic rings. The third-order valence-electron chi connectivity index (χ3n) is 4.35. The Morgan fingerprint density at radius 1 is 1.33 bits per heavy atom. The average molecular weight is 486 g/mol. The number of hydrogen-bond acceptors (Lipinski definition) is 2. The van der Waals surface area contributed by atoms with E-state index >= 15 is 0 Å². The third-order valence-corrected chi connectivity index (χ3v) is 5.96. The fourth-order valence-corrected chi connectivity index (χ4v) is 3.95. The summed E-state index contributed by atoms with van der Waals surface area (Å²) in [6.45, 7) is 6.96. The van der Waals surface area contributed by atoms with E-state index in [1.54, 1.807) is 6.07 Å². The number of rotatable bonds is 2. The molecule has 134 valence electrons. The molecule has 7 heteroatoms. The normalized spacial score (nSPS) is 25.4. The summed E-state index contributed by atoms with van der Waals surface area (Å²) >= 11 is 14.5. The molecule has 2 rings (SSSR count). The number of halogens is 3. The van der Waals surface area contributed by atoms with Gasteiger partial charge < -0.3 is 14.7 Å². The molecule has 24 heavy (non-hydrogen) atoms. The van der Waals surface area contributed by atoms with E-state index in [9.17, 15) is 9.90 Å². The van der Waals surface area contributed by atoms with E-state index in [1.807, 2.05) is 12.1 Å². The number of amides is 1. The maximum absolute atomic E-state index is 11.7. The van der Waals surface area contributed by atoms with Crippen LogP contribution in [-0.4, -0.2) is 45.8 Å². The molecule has 1 amide bonds. The number of carbonyl (C=O) groups is 1. The van der Waals surface area contributed by atoms with Gasteiger partial charge in [-0.15, -0.1) is 0 Å². The van der Waals surface area contributed by atoms with E-state index in [2.05, 4.69) is 43.4 Å². The van der Waals surface area contributed by atoms with E-state index in [1.165, 1.54) is 4.90 Å². The van der Waals surface area contributed by atoms with Crippen LogP contribution in [0.25, 0.3) is 0 Å². The van der Waals surface area contributed by atoms with Gasteiger partial charge in [0.05, 0.1) is 28.8 Å². The predicted molar refractivity (Wildman–Crippen MR) is 106 cm³/mol. The SMILES string of the molecule is CC(C)(C)[C@H]1CN(C(=O)O)C[C@H](c2ccc(Cl)c(Cl)c2)[C@H](CI)O1. The molecular formula is C17H22Cl2INO3. The minimum absolute atomic E-state index is 0.0832. The predicted octanol–water partition coefficient (Wildman–Crippen LogP) is 5.31. The summed E-state index contributed by atoms with van der Waals surface area (Å²) in [5, 5.41) is 10.6. The van der Waals surface area contributed by atoms with Gasteiger partial charge in [0.15, 0.2) is 0 Å². The van der Waals surface area contributed by atoms with Gasteiger partial charge >= 0.3 is 6.09 Å². The second kappa shape index (κ2) is 7.98. The fourth-order valence-electron chi connectivity index (χ4n) is 2.82. The van der Waals surface area contributed by atoms with Crippen LogP contribution >= 0.6 is 45.8 Å². The zero-order valence-corrected chi connectivity index (χ0v) is 17.6. The van der Waals surface area contributed by atoms with Gasteiger partial charge in [-0.2, -0.15) is 0 Å². The Labute approximate surface area is 166 Å². The van der Waals surface area contributed by atoms with Crippen LogP contribution in [0.3, 0.4) is 0 Å². The largest absolute Gasteiger partial charge is 0.465 e. The Morgan fingerprint density at radius 3 is 2.50 bits per heavy atom. The quantitative estimate of drug-likeness (QED) is 0.456. The molecule has 1 heterocycles. The molecule has 0 aromatic heterocycles. The Kier molecular flexibility index (Phi) is 6.67. The van der Waals surface area contributed by atoms with Crippen LogP contribution in [0.15, 0.2) is 18.2 Å². The van der Waals surface area contributed by atoms with Gasteiger partial charge in [-0.1, -0.05) is 72.6 Å². The van der Waals surface area contributed by atoms with Crippen molar-refractivity contribution in [1.82, 2.24) is 4.90 Å². The van der Waals surface area contributed by atoms with E-state index in [0.717, 1.165) is 9.99 Å². The van der Waals surface area contributed by atoms with Crippen LogP contribution < -0.4 is 0 Å². The Bertz CT molecular complexity index is 606. The monoisotopic (exact) mass is 485 g/mol. The summed E-state index contributed by atoms with van der Waals surface area (Å²) < 4.78 is 7.12. The molecule has 1 aliphatic heterocycles. The van der Waals surface area contributed by atoms with Crippen LogP contribution in [0.4, 0.5) is 4.79 Å². The van der Waals surface area contributed by atoms with Gasteiger partial charge in [-0.05, 0) is 23.1 Å². The van der Waals surface area contributed by atoms with E-state index < -0.39 is 6.09 Å². The van der Waals surface area contributed by atoms with Crippen LogP contribution in [0.5, 0.6) is 0 Å². The molecule has 0 radical (unpaired) electrons. The lowest BCUT2D eigenvalue weighted by atomic mass is 9.88. The second-order valence-corrected chi connectivity index (χ2v) is 8.85.